The summed E-state index contributed by atoms with van der Waals surface area (Å²) in [6.45, 7) is 0. The summed E-state index contributed by atoms with van der Waals surface area (Å²) in [6.07, 6.45) is 5.14. The molecule has 0 bridgehead atoms. The molecule has 1 N–H and O–H groups in total. The number of nitrogens with one attached hydrogen (secondary N) is 1. The minimum atomic E-state index is -3.91. The fraction of sp³-hybridized carbons (Fsp3) is 0.0556. The van der Waals surface area contributed by atoms with E-state index in [2.05, 4.69) is 19.7 Å². The van der Waals surface area contributed by atoms with Crippen molar-refractivity contribution in [3.05, 3.63) is 71.0 Å². The van der Waals surface area contributed by atoms with Crippen molar-refractivity contribution < 1.29 is 17.5 Å². The number of halogens is 2. The molecule has 28 heavy (non-hydrogen) atoms. The molecule has 3 rings (SSSR count). The van der Waals surface area contributed by atoms with Gasteiger partial charge in [-0.25, -0.2) is 18.4 Å². The van der Waals surface area contributed by atoms with Gasteiger partial charge in [0, 0.05) is 23.5 Å². The van der Waals surface area contributed by atoms with Crippen LogP contribution in [0.5, 0.6) is 5.88 Å². The number of anilines is 1. The molecule has 0 saturated carbocycles. The summed E-state index contributed by atoms with van der Waals surface area (Å²) in [6, 6.07) is 9.19. The molecule has 7 nitrogen and oxygen atoms in total. The highest BCUT2D eigenvalue weighted by atomic mass is 35.5. The largest absolute Gasteiger partial charge is 0.481 e. The van der Waals surface area contributed by atoms with Gasteiger partial charge in [0.2, 0.25) is 5.88 Å². The Hall–Kier alpha value is -3.04. The quantitative estimate of drug-likeness (QED) is 0.612. The average molecular weight is 421 g/mol. The summed E-state index contributed by atoms with van der Waals surface area (Å²) in [5.41, 5.74) is 1.15. The van der Waals surface area contributed by atoms with Crippen molar-refractivity contribution in [3.8, 4) is 5.88 Å². The number of methoxy groups -OCH3 is 1. The first-order valence-electron chi connectivity index (χ1n) is 7.87. The van der Waals surface area contributed by atoms with Crippen LogP contribution in [0.15, 0.2) is 53.7 Å². The molecule has 2 aromatic heterocycles. The van der Waals surface area contributed by atoms with Gasteiger partial charge in [0.25, 0.3) is 10.0 Å². The van der Waals surface area contributed by atoms with Gasteiger partial charge in [0.1, 0.15) is 10.7 Å². The maximum absolute atomic E-state index is 12.8. The number of nitrogens with zero attached hydrogens (tertiary/aromatic N) is 3. The molecule has 0 aliphatic carbocycles. The molecule has 1 aromatic carbocycles. The second kappa shape index (κ2) is 8.32. The molecule has 0 spiro atoms. The lowest BCUT2D eigenvalue weighted by molar-refractivity contribution is 0.397. The Balaban J connectivity index is 1.85. The second-order valence-electron chi connectivity index (χ2n) is 5.45. The highest BCUT2D eigenvalue weighted by Gasteiger charge is 2.18. The SMILES string of the molecule is COc1nc(NS(=O)(=O)c2ccccc2Cl)ccc1C=Cc1cnc(F)nc1. The number of ether oxygens (including phenoxy) is 1. The molecule has 0 atom stereocenters. The van der Waals surface area contributed by atoms with Crippen LogP contribution in [0.1, 0.15) is 11.1 Å². The van der Waals surface area contributed by atoms with E-state index < -0.39 is 16.1 Å². The Labute approximate surface area is 166 Å². The minimum absolute atomic E-state index is 0.0577. The first kappa shape index (κ1) is 19.7. The van der Waals surface area contributed by atoms with E-state index in [0.29, 0.717) is 11.1 Å². The topological polar surface area (TPSA) is 94.1 Å². The van der Waals surface area contributed by atoms with E-state index in [1.54, 1.807) is 30.4 Å². The summed E-state index contributed by atoms with van der Waals surface area (Å²) in [5, 5.41) is 0.100. The van der Waals surface area contributed by atoms with Gasteiger partial charge in [-0.15, -0.1) is 0 Å². The zero-order chi connectivity index (χ0) is 20.1. The van der Waals surface area contributed by atoms with Crippen molar-refractivity contribution in [2.75, 3.05) is 11.8 Å². The molecular formula is C18H14ClFN4O3S. The van der Waals surface area contributed by atoms with Crippen LogP contribution in [0, 0.1) is 6.08 Å². The lowest BCUT2D eigenvalue weighted by Gasteiger charge is -2.11. The smallest absolute Gasteiger partial charge is 0.308 e. The number of rotatable bonds is 6. The van der Waals surface area contributed by atoms with Crippen LogP contribution in [-0.4, -0.2) is 30.5 Å². The molecular weight excluding hydrogens is 407 g/mol. The summed E-state index contributed by atoms with van der Waals surface area (Å²) in [4.78, 5) is 11.0. The van der Waals surface area contributed by atoms with E-state index >= 15 is 0 Å². The molecule has 0 radical (unpaired) electrons. The van der Waals surface area contributed by atoms with Gasteiger partial charge >= 0.3 is 6.08 Å². The van der Waals surface area contributed by atoms with Crippen molar-refractivity contribution in [1.82, 2.24) is 15.0 Å². The summed E-state index contributed by atoms with van der Waals surface area (Å²) < 4.78 is 45.4. The maximum atomic E-state index is 12.8. The predicted molar refractivity (Wildman–Crippen MR) is 104 cm³/mol. The molecule has 2 heterocycles. The Morgan fingerprint density at radius 1 is 1.11 bits per heavy atom. The molecule has 0 aliphatic rings. The molecule has 10 heteroatoms. The van der Waals surface area contributed by atoms with Crippen LogP contribution in [-0.2, 0) is 10.0 Å². The summed E-state index contributed by atoms with van der Waals surface area (Å²) in [7, 11) is -2.50. The fourth-order valence-corrected chi connectivity index (χ4v) is 3.77. The van der Waals surface area contributed by atoms with Gasteiger partial charge in [-0.1, -0.05) is 29.8 Å². The number of benzene rings is 1. The summed E-state index contributed by atoms with van der Waals surface area (Å²) in [5.74, 6) is 0.262. The van der Waals surface area contributed by atoms with E-state index in [9.17, 15) is 12.8 Å². The highest BCUT2D eigenvalue weighted by Crippen LogP contribution is 2.25. The van der Waals surface area contributed by atoms with Crippen LogP contribution in [0.3, 0.4) is 0 Å². The first-order valence-corrected chi connectivity index (χ1v) is 9.73. The van der Waals surface area contributed by atoms with Gasteiger partial charge in [0.15, 0.2) is 0 Å². The van der Waals surface area contributed by atoms with Crippen LogP contribution in [0.2, 0.25) is 5.02 Å². The minimum Gasteiger partial charge on any atom is -0.481 e. The van der Waals surface area contributed by atoms with Gasteiger partial charge in [-0.05, 0) is 30.3 Å². The predicted octanol–water partition coefficient (Wildman–Crippen LogP) is 3.64. The molecule has 144 valence electrons. The zero-order valence-electron chi connectivity index (χ0n) is 14.5. The van der Waals surface area contributed by atoms with Crippen molar-refractivity contribution in [1.29, 1.82) is 0 Å². The number of hydrogen-bond donors (Lipinski definition) is 1. The normalized spacial score (nSPS) is 11.5. The van der Waals surface area contributed by atoms with Crippen molar-refractivity contribution in [3.63, 3.8) is 0 Å². The Kier molecular flexibility index (Phi) is 5.86. The molecule has 3 aromatic rings. The maximum Gasteiger partial charge on any atom is 0.308 e. The van der Waals surface area contributed by atoms with Gasteiger partial charge in [-0.3, -0.25) is 4.72 Å². The van der Waals surface area contributed by atoms with Gasteiger partial charge < -0.3 is 4.74 Å². The standard InChI is InChI=1S/C18H14ClFN4O3S/c1-27-17-13(7-6-12-10-21-18(20)22-11-12)8-9-16(23-17)24-28(25,26)15-5-3-2-4-14(15)19/h2-11H,1H3,(H,23,24). The third-order valence-corrected chi connectivity index (χ3v) is 5.40. The molecule has 0 saturated heterocycles. The molecule has 0 amide bonds. The third-order valence-electron chi connectivity index (χ3n) is 3.54. The number of hydrogen-bond acceptors (Lipinski definition) is 6. The second-order valence-corrected chi connectivity index (χ2v) is 7.51. The van der Waals surface area contributed by atoms with E-state index in [1.807, 2.05) is 0 Å². The van der Waals surface area contributed by atoms with Gasteiger partial charge in [0.05, 0.1) is 12.1 Å². The number of sulfonamides is 1. The van der Waals surface area contributed by atoms with Crippen molar-refractivity contribution >= 4 is 39.6 Å². The highest BCUT2D eigenvalue weighted by molar-refractivity contribution is 7.92. The van der Waals surface area contributed by atoms with Crippen LogP contribution in [0.4, 0.5) is 10.2 Å². The van der Waals surface area contributed by atoms with Crippen molar-refractivity contribution in [2.24, 2.45) is 0 Å². The monoisotopic (exact) mass is 420 g/mol. The number of pyridine rings is 1. The first-order chi connectivity index (χ1) is 13.4. The zero-order valence-corrected chi connectivity index (χ0v) is 16.1. The van der Waals surface area contributed by atoms with Gasteiger partial charge in [-0.2, -0.15) is 9.37 Å². The van der Waals surface area contributed by atoms with Crippen LogP contribution < -0.4 is 9.46 Å². The fourth-order valence-electron chi connectivity index (χ4n) is 2.25. The van der Waals surface area contributed by atoms with E-state index in [4.69, 9.17) is 16.3 Å². The van der Waals surface area contributed by atoms with Crippen molar-refractivity contribution in [2.45, 2.75) is 4.90 Å². The average Bonchev–Trinajstić information content (AvgIpc) is 2.68. The molecule has 0 aliphatic heterocycles. The molecule has 0 unspecified atom stereocenters. The Morgan fingerprint density at radius 2 is 1.82 bits per heavy atom. The van der Waals surface area contributed by atoms with E-state index in [1.165, 1.54) is 37.7 Å². The van der Waals surface area contributed by atoms with E-state index in [0.717, 1.165) is 0 Å². The van der Waals surface area contributed by atoms with Crippen LogP contribution >= 0.6 is 11.6 Å². The Morgan fingerprint density at radius 3 is 2.50 bits per heavy atom. The third kappa shape index (κ3) is 4.62. The lowest BCUT2D eigenvalue weighted by atomic mass is 10.2. The molecule has 0 fully saturated rings. The summed E-state index contributed by atoms with van der Waals surface area (Å²) >= 11 is 5.96. The van der Waals surface area contributed by atoms with E-state index in [-0.39, 0.29) is 21.6 Å². The number of aromatic nitrogens is 3. The lowest BCUT2D eigenvalue weighted by Crippen LogP contribution is -2.14. The van der Waals surface area contributed by atoms with Crippen LogP contribution in [0.25, 0.3) is 12.2 Å². The Bertz CT molecular complexity index is 1120.